The van der Waals surface area contributed by atoms with Gasteiger partial charge in [0.05, 0.1) is 0 Å². The summed E-state index contributed by atoms with van der Waals surface area (Å²) in [5.74, 6) is -1.87. The van der Waals surface area contributed by atoms with E-state index in [0.717, 1.165) is 36.6 Å². The van der Waals surface area contributed by atoms with Crippen LogP contribution in [0.2, 0.25) is 0 Å². The van der Waals surface area contributed by atoms with Crippen molar-refractivity contribution in [1.29, 1.82) is 0 Å². The molecule has 0 N–H and O–H groups in total. The Morgan fingerprint density at radius 1 is 0.889 bits per heavy atom. The van der Waals surface area contributed by atoms with Gasteiger partial charge in [0.25, 0.3) is 0 Å². The van der Waals surface area contributed by atoms with Gasteiger partial charge < -0.3 is 0 Å². The molecule has 0 bridgehead atoms. The number of rotatable bonds is 3. The van der Waals surface area contributed by atoms with Crippen LogP contribution >= 0.6 is 0 Å². The van der Waals surface area contributed by atoms with Crippen LogP contribution in [0.5, 0.6) is 0 Å². The van der Waals surface area contributed by atoms with E-state index in [-0.39, 0.29) is 11.1 Å². The van der Waals surface area contributed by atoms with Gasteiger partial charge in [0.2, 0.25) is 0 Å². The molecule has 0 nitrogen and oxygen atoms in total. The first kappa shape index (κ1) is 12.7. The monoisotopic (exact) mass is 250 g/mol. The summed E-state index contributed by atoms with van der Waals surface area (Å²) in [6.07, 6.45) is 1.71. The minimum Gasteiger partial charge on any atom is -0.207 e. The third kappa shape index (κ3) is 2.73. The van der Waals surface area contributed by atoms with Crippen LogP contribution in [0.1, 0.15) is 18.9 Å². The average molecular weight is 250 g/mol. The van der Waals surface area contributed by atoms with E-state index in [1.807, 2.05) is 6.92 Å². The summed E-state index contributed by atoms with van der Waals surface area (Å²) in [7, 11) is 0. The third-order valence-electron chi connectivity index (χ3n) is 2.75. The molecule has 0 aliphatic heterocycles. The molecule has 0 saturated heterocycles. The maximum absolute atomic E-state index is 13.9. The minimum absolute atomic E-state index is 0.216. The predicted octanol–water partition coefficient (Wildman–Crippen LogP) is 4.72. The highest BCUT2D eigenvalue weighted by Crippen LogP contribution is 2.25. The van der Waals surface area contributed by atoms with Crippen molar-refractivity contribution in [3.8, 4) is 11.1 Å². The van der Waals surface area contributed by atoms with Gasteiger partial charge >= 0.3 is 0 Å². The molecule has 0 aliphatic carbocycles. The fourth-order valence-corrected chi connectivity index (χ4v) is 1.95. The summed E-state index contributed by atoms with van der Waals surface area (Å²) in [5, 5.41) is 0. The summed E-state index contributed by atoms with van der Waals surface area (Å²) in [4.78, 5) is 0. The maximum Gasteiger partial charge on any atom is 0.131 e. The average Bonchev–Trinajstić information content (AvgIpc) is 2.28. The van der Waals surface area contributed by atoms with Gasteiger partial charge in [-0.05, 0) is 35.7 Å². The first-order valence-electron chi connectivity index (χ1n) is 5.85. The van der Waals surface area contributed by atoms with Crippen LogP contribution in [0.25, 0.3) is 11.1 Å². The van der Waals surface area contributed by atoms with Gasteiger partial charge in [0, 0.05) is 11.6 Å². The molecule has 0 radical (unpaired) electrons. The molecule has 0 saturated carbocycles. The van der Waals surface area contributed by atoms with Gasteiger partial charge in [-0.1, -0.05) is 25.5 Å². The zero-order valence-electron chi connectivity index (χ0n) is 10.0. The molecule has 0 amide bonds. The van der Waals surface area contributed by atoms with Crippen molar-refractivity contribution in [3.05, 3.63) is 59.4 Å². The highest BCUT2D eigenvalue weighted by molar-refractivity contribution is 5.64. The third-order valence-corrected chi connectivity index (χ3v) is 2.75. The molecule has 0 atom stereocenters. The van der Waals surface area contributed by atoms with Gasteiger partial charge in [0.1, 0.15) is 17.5 Å². The van der Waals surface area contributed by atoms with Gasteiger partial charge in [0.15, 0.2) is 0 Å². The summed E-state index contributed by atoms with van der Waals surface area (Å²) in [6, 6.07) is 7.79. The second kappa shape index (κ2) is 5.25. The largest absolute Gasteiger partial charge is 0.207 e. The Morgan fingerprint density at radius 2 is 1.56 bits per heavy atom. The van der Waals surface area contributed by atoms with E-state index in [0.29, 0.717) is 0 Å². The Morgan fingerprint density at radius 3 is 2.11 bits per heavy atom. The van der Waals surface area contributed by atoms with Gasteiger partial charge in [-0.3, -0.25) is 0 Å². The predicted molar refractivity (Wildman–Crippen MR) is 65.7 cm³/mol. The molecule has 2 aromatic carbocycles. The van der Waals surface area contributed by atoms with Gasteiger partial charge in [-0.2, -0.15) is 0 Å². The van der Waals surface area contributed by atoms with Crippen molar-refractivity contribution in [3.63, 3.8) is 0 Å². The normalized spacial score (nSPS) is 10.7. The van der Waals surface area contributed by atoms with Crippen LogP contribution in [0, 0.1) is 17.5 Å². The van der Waals surface area contributed by atoms with E-state index in [2.05, 4.69) is 0 Å². The van der Waals surface area contributed by atoms with E-state index >= 15 is 0 Å². The highest BCUT2D eigenvalue weighted by Gasteiger charge is 2.08. The topological polar surface area (TPSA) is 0 Å². The highest BCUT2D eigenvalue weighted by atomic mass is 19.1. The zero-order valence-corrected chi connectivity index (χ0v) is 10.0. The lowest BCUT2D eigenvalue weighted by Gasteiger charge is -2.06. The maximum atomic E-state index is 13.9. The summed E-state index contributed by atoms with van der Waals surface area (Å²) >= 11 is 0. The van der Waals surface area contributed by atoms with Crippen LogP contribution in [-0.2, 0) is 6.42 Å². The lowest BCUT2D eigenvalue weighted by Crippen LogP contribution is -1.91. The van der Waals surface area contributed by atoms with Crippen molar-refractivity contribution in [2.75, 3.05) is 0 Å². The second-order valence-corrected chi connectivity index (χ2v) is 4.22. The smallest absolute Gasteiger partial charge is 0.131 e. The molecule has 18 heavy (non-hydrogen) atoms. The fourth-order valence-electron chi connectivity index (χ4n) is 1.95. The van der Waals surface area contributed by atoms with Crippen LogP contribution in [0.3, 0.4) is 0 Å². The zero-order chi connectivity index (χ0) is 13.1. The second-order valence-electron chi connectivity index (χ2n) is 4.22. The minimum atomic E-state index is -0.706. The molecule has 2 rings (SSSR count). The molecular formula is C15H13F3. The van der Waals surface area contributed by atoms with Crippen LogP contribution < -0.4 is 0 Å². The molecule has 0 heterocycles. The van der Waals surface area contributed by atoms with Crippen molar-refractivity contribution in [2.24, 2.45) is 0 Å². The number of halogens is 3. The van der Waals surface area contributed by atoms with Crippen molar-refractivity contribution in [1.82, 2.24) is 0 Å². The number of hydrogen-bond acceptors (Lipinski definition) is 0. The van der Waals surface area contributed by atoms with E-state index in [4.69, 9.17) is 0 Å². The molecule has 0 aliphatic rings. The molecule has 0 spiro atoms. The molecule has 0 aromatic heterocycles. The lowest BCUT2D eigenvalue weighted by molar-refractivity contribution is 0.583. The van der Waals surface area contributed by atoms with Crippen LogP contribution in [0.4, 0.5) is 13.2 Å². The van der Waals surface area contributed by atoms with Crippen LogP contribution in [-0.4, -0.2) is 0 Å². The number of aryl methyl sites for hydroxylation is 1. The molecule has 94 valence electrons. The molecule has 0 unspecified atom stereocenters. The molecule has 3 heteroatoms. The summed E-state index contributed by atoms with van der Waals surface area (Å²) < 4.78 is 40.0. The lowest BCUT2D eigenvalue weighted by atomic mass is 10.0. The standard InChI is InChI=1S/C15H13F3/c1-2-3-10-4-5-14(15(18)6-10)11-7-12(16)9-13(17)8-11/h4-9H,2-3H2,1H3. The van der Waals surface area contributed by atoms with E-state index in [1.54, 1.807) is 12.1 Å². The Labute approximate surface area is 104 Å². The Bertz CT molecular complexity index is 541. The Kier molecular flexibility index (Phi) is 3.70. The Hall–Kier alpha value is -1.77. The summed E-state index contributed by atoms with van der Waals surface area (Å²) in [6.45, 7) is 2.01. The quantitative estimate of drug-likeness (QED) is 0.739. The van der Waals surface area contributed by atoms with E-state index < -0.39 is 17.5 Å². The molecule has 0 fully saturated rings. The van der Waals surface area contributed by atoms with E-state index in [9.17, 15) is 13.2 Å². The van der Waals surface area contributed by atoms with Crippen molar-refractivity contribution in [2.45, 2.75) is 19.8 Å². The molecular weight excluding hydrogens is 237 g/mol. The van der Waals surface area contributed by atoms with Crippen LogP contribution in [0.15, 0.2) is 36.4 Å². The van der Waals surface area contributed by atoms with Gasteiger partial charge in [-0.15, -0.1) is 0 Å². The van der Waals surface area contributed by atoms with Crippen molar-refractivity contribution >= 4 is 0 Å². The fraction of sp³-hybridized carbons (Fsp3) is 0.200. The summed E-state index contributed by atoms with van der Waals surface area (Å²) in [5.41, 5.74) is 1.32. The Balaban J connectivity index is 2.44. The van der Waals surface area contributed by atoms with Crippen molar-refractivity contribution < 1.29 is 13.2 Å². The van der Waals surface area contributed by atoms with E-state index in [1.165, 1.54) is 6.07 Å². The first-order chi connectivity index (χ1) is 8.60. The number of hydrogen-bond donors (Lipinski definition) is 0. The van der Waals surface area contributed by atoms with Gasteiger partial charge in [-0.25, -0.2) is 13.2 Å². The SMILES string of the molecule is CCCc1ccc(-c2cc(F)cc(F)c2)c(F)c1. The number of benzene rings is 2. The molecule has 2 aromatic rings. The first-order valence-corrected chi connectivity index (χ1v) is 5.85.